The maximum absolute atomic E-state index is 12.7. The fourth-order valence-electron chi connectivity index (χ4n) is 0.837. The summed E-state index contributed by atoms with van der Waals surface area (Å²) in [7, 11) is 0. The minimum Gasteiger partial charge on any atom is -0.205 e. The van der Waals surface area contributed by atoms with E-state index in [1.165, 1.54) is 6.07 Å². The second kappa shape index (κ2) is 3.42. The Bertz CT molecular complexity index is 271. The molecule has 0 saturated carbocycles. The van der Waals surface area contributed by atoms with Crippen LogP contribution in [0, 0.1) is 12.7 Å². The van der Waals surface area contributed by atoms with Crippen LogP contribution in [0.5, 0.6) is 0 Å². The number of benzene rings is 1. The Hall–Kier alpha value is -0.270. The lowest BCUT2D eigenvalue weighted by molar-refractivity contribution is 0.626. The fourth-order valence-corrected chi connectivity index (χ4v) is 1.31. The van der Waals surface area contributed by atoms with Crippen LogP contribution in [0.3, 0.4) is 0 Å². The highest BCUT2D eigenvalue weighted by Crippen LogP contribution is 2.23. The summed E-state index contributed by atoms with van der Waals surface area (Å²) in [5.74, 6) is -0.0238. The summed E-state index contributed by atoms with van der Waals surface area (Å²) in [4.78, 5) is 0. The molecule has 0 amide bonds. The average molecular weight is 193 g/mol. The first kappa shape index (κ1) is 8.82. The smallest absolute Gasteiger partial charge is 0.142 e. The molecule has 60 valence electrons. The third-order valence-electron chi connectivity index (χ3n) is 1.60. The van der Waals surface area contributed by atoms with Gasteiger partial charge in [-0.1, -0.05) is 17.7 Å². The van der Waals surface area contributed by atoms with E-state index in [4.69, 9.17) is 23.2 Å². The maximum Gasteiger partial charge on any atom is 0.142 e. The molecule has 0 heterocycles. The Morgan fingerprint density at radius 2 is 2.09 bits per heavy atom. The fraction of sp³-hybridized carbons (Fsp3) is 0.250. The van der Waals surface area contributed by atoms with Crippen LogP contribution in [0.1, 0.15) is 11.1 Å². The van der Waals surface area contributed by atoms with E-state index >= 15 is 0 Å². The molecule has 0 fully saturated rings. The Kier molecular flexibility index (Phi) is 2.74. The van der Waals surface area contributed by atoms with E-state index < -0.39 is 5.82 Å². The van der Waals surface area contributed by atoms with Crippen molar-refractivity contribution < 1.29 is 4.39 Å². The van der Waals surface area contributed by atoms with Gasteiger partial charge in [0.2, 0.25) is 0 Å². The van der Waals surface area contributed by atoms with Crippen molar-refractivity contribution in [3.05, 3.63) is 34.1 Å². The molecule has 0 aromatic heterocycles. The van der Waals surface area contributed by atoms with Gasteiger partial charge in [0.25, 0.3) is 0 Å². The molecule has 0 unspecified atom stereocenters. The maximum atomic E-state index is 12.7. The Labute approximate surface area is 74.9 Å². The molecule has 0 spiro atoms. The first-order valence-corrected chi connectivity index (χ1v) is 4.07. The number of alkyl halides is 1. The summed E-state index contributed by atoms with van der Waals surface area (Å²) in [6, 6.07) is 2.97. The second-order valence-corrected chi connectivity index (χ2v) is 2.92. The van der Waals surface area contributed by atoms with Gasteiger partial charge in [0.15, 0.2) is 0 Å². The van der Waals surface area contributed by atoms with Gasteiger partial charge in [-0.3, -0.25) is 0 Å². The van der Waals surface area contributed by atoms with Gasteiger partial charge < -0.3 is 0 Å². The highest BCUT2D eigenvalue weighted by molar-refractivity contribution is 6.31. The molecule has 0 atom stereocenters. The predicted octanol–water partition coefficient (Wildman–Crippen LogP) is 3.53. The van der Waals surface area contributed by atoms with E-state index in [1.807, 2.05) is 0 Å². The van der Waals surface area contributed by atoms with E-state index in [2.05, 4.69) is 0 Å². The summed E-state index contributed by atoms with van der Waals surface area (Å²) in [6.45, 7) is 1.75. The van der Waals surface area contributed by atoms with Crippen molar-refractivity contribution in [2.75, 3.05) is 0 Å². The molecule has 0 radical (unpaired) electrons. The summed E-state index contributed by atoms with van der Waals surface area (Å²) in [5.41, 5.74) is 1.60. The van der Waals surface area contributed by atoms with Gasteiger partial charge in [-0.05, 0) is 24.1 Å². The molecule has 1 aromatic rings. The van der Waals surface area contributed by atoms with Crippen molar-refractivity contribution in [2.45, 2.75) is 12.8 Å². The van der Waals surface area contributed by atoms with Crippen LogP contribution in [0.15, 0.2) is 12.1 Å². The van der Waals surface area contributed by atoms with Gasteiger partial charge in [0.1, 0.15) is 5.82 Å². The highest BCUT2D eigenvalue weighted by Gasteiger charge is 2.05. The average Bonchev–Trinajstić information content (AvgIpc) is 2.01. The SMILES string of the molecule is Cc1c(CCl)ccc(F)c1Cl. The number of hydrogen-bond acceptors (Lipinski definition) is 0. The van der Waals surface area contributed by atoms with Gasteiger partial charge in [0.05, 0.1) is 5.02 Å². The third-order valence-corrected chi connectivity index (χ3v) is 2.35. The van der Waals surface area contributed by atoms with Gasteiger partial charge >= 0.3 is 0 Å². The third kappa shape index (κ3) is 1.66. The van der Waals surface area contributed by atoms with Gasteiger partial charge in [-0.2, -0.15) is 0 Å². The highest BCUT2D eigenvalue weighted by atomic mass is 35.5. The van der Waals surface area contributed by atoms with Crippen molar-refractivity contribution in [3.8, 4) is 0 Å². The van der Waals surface area contributed by atoms with E-state index in [0.717, 1.165) is 11.1 Å². The van der Waals surface area contributed by atoms with E-state index in [1.54, 1.807) is 13.0 Å². The van der Waals surface area contributed by atoms with Crippen molar-refractivity contribution >= 4 is 23.2 Å². The van der Waals surface area contributed by atoms with E-state index in [-0.39, 0.29) is 5.02 Å². The summed E-state index contributed by atoms with van der Waals surface area (Å²) >= 11 is 11.2. The van der Waals surface area contributed by atoms with Crippen LogP contribution in [-0.4, -0.2) is 0 Å². The Morgan fingerprint density at radius 3 is 2.64 bits per heavy atom. The molecule has 0 aliphatic heterocycles. The number of hydrogen-bond donors (Lipinski definition) is 0. The predicted molar refractivity (Wildman–Crippen MR) is 45.7 cm³/mol. The minimum atomic E-state index is -0.391. The zero-order valence-corrected chi connectivity index (χ0v) is 7.51. The zero-order chi connectivity index (χ0) is 8.43. The first-order chi connectivity index (χ1) is 5.16. The lowest BCUT2D eigenvalue weighted by atomic mass is 10.1. The Morgan fingerprint density at radius 1 is 1.45 bits per heavy atom. The second-order valence-electron chi connectivity index (χ2n) is 2.28. The summed E-state index contributed by atoms with van der Waals surface area (Å²) in [5, 5.41) is 0.170. The van der Waals surface area contributed by atoms with E-state index in [0.29, 0.717) is 5.88 Å². The van der Waals surface area contributed by atoms with Crippen LogP contribution in [0.25, 0.3) is 0 Å². The number of rotatable bonds is 1. The van der Waals surface area contributed by atoms with Crippen LogP contribution in [0.4, 0.5) is 4.39 Å². The molecule has 0 saturated heterocycles. The van der Waals surface area contributed by atoms with Crippen molar-refractivity contribution in [3.63, 3.8) is 0 Å². The molecule has 0 nitrogen and oxygen atoms in total. The molecule has 11 heavy (non-hydrogen) atoms. The molecular weight excluding hydrogens is 186 g/mol. The standard InChI is InChI=1S/C8H7Cl2F/c1-5-6(4-9)2-3-7(11)8(5)10/h2-3H,4H2,1H3. The van der Waals surface area contributed by atoms with Crippen LogP contribution < -0.4 is 0 Å². The van der Waals surface area contributed by atoms with Crippen LogP contribution in [0.2, 0.25) is 5.02 Å². The molecule has 3 heteroatoms. The van der Waals surface area contributed by atoms with Crippen molar-refractivity contribution in [1.29, 1.82) is 0 Å². The molecule has 0 bridgehead atoms. The van der Waals surface area contributed by atoms with Gasteiger partial charge in [-0.15, -0.1) is 11.6 Å². The summed E-state index contributed by atoms with van der Waals surface area (Å²) < 4.78 is 12.7. The molecule has 0 aliphatic rings. The van der Waals surface area contributed by atoms with Crippen LogP contribution >= 0.6 is 23.2 Å². The minimum absolute atomic E-state index is 0.170. The monoisotopic (exact) mass is 192 g/mol. The molecule has 0 aliphatic carbocycles. The quantitative estimate of drug-likeness (QED) is 0.598. The van der Waals surface area contributed by atoms with Gasteiger partial charge in [0, 0.05) is 5.88 Å². The molecule has 0 N–H and O–H groups in total. The first-order valence-electron chi connectivity index (χ1n) is 3.16. The van der Waals surface area contributed by atoms with Crippen LogP contribution in [-0.2, 0) is 5.88 Å². The normalized spacial score (nSPS) is 10.2. The largest absolute Gasteiger partial charge is 0.205 e. The van der Waals surface area contributed by atoms with Crippen molar-refractivity contribution in [2.24, 2.45) is 0 Å². The zero-order valence-electron chi connectivity index (χ0n) is 6.00. The number of halogens is 3. The van der Waals surface area contributed by atoms with Gasteiger partial charge in [-0.25, -0.2) is 4.39 Å². The molecule has 1 rings (SSSR count). The van der Waals surface area contributed by atoms with E-state index in [9.17, 15) is 4.39 Å². The summed E-state index contributed by atoms with van der Waals surface area (Å²) in [6.07, 6.45) is 0. The topological polar surface area (TPSA) is 0 Å². The Balaban J connectivity index is 3.25. The lowest BCUT2D eigenvalue weighted by Gasteiger charge is -2.03. The van der Waals surface area contributed by atoms with Crippen molar-refractivity contribution in [1.82, 2.24) is 0 Å². The lowest BCUT2D eigenvalue weighted by Crippen LogP contribution is -1.88. The molecular formula is C8H7Cl2F. The molecule has 1 aromatic carbocycles.